The standard InChI is InChI=1S/C15H15NO4/c1-10-2-7-13(20-10)8-14(17)16-9-11-3-5-12(6-4-11)15(18)19/h2-7H,8-9H2,1H3,(H,16,17)(H,18,19). The number of carboxylic acids is 1. The van der Waals surface area contributed by atoms with Crippen LogP contribution in [0.15, 0.2) is 40.8 Å². The first kappa shape index (κ1) is 13.9. The Morgan fingerprint density at radius 2 is 1.85 bits per heavy atom. The summed E-state index contributed by atoms with van der Waals surface area (Å²) in [6.45, 7) is 2.18. The number of rotatable bonds is 5. The predicted octanol–water partition coefficient (Wildman–Crippen LogP) is 2.15. The van der Waals surface area contributed by atoms with Crippen molar-refractivity contribution in [2.45, 2.75) is 19.9 Å². The van der Waals surface area contributed by atoms with Crippen molar-refractivity contribution in [3.63, 3.8) is 0 Å². The molecule has 2 aromatic rings. The molecule has 1 heterocycles. The fraction of sp³-hybridized carbons (Fsp3) is 0.200. The molecule has 0 aliphatic carbocycles. The number of furan rings is 1. The second-order valence-electron chi connectivity index (χ2n) is 4.47. The number of hydrogen-bond acceptors (Lipinski definition) is 3. The lowest BCUT2D eigenvalue weighted by molar-refractivity contribution is -0.120. The first-order chi connectivity index (χ1) is 9.54. The Bertz CT molecular complexity index is 613. The van der Waals surface area contributed by atoms with Crippen molar-refractivity contribution >= 4 is 11.9 Å². The van der Waals surface area contributed by atoms with Crippen LogP contribution < -0.4 is 5.32 Å². The molecule has 0 aliphatic heterocycles. The third-order valence-electron chi connectivity index (χ3n) is 2.82. The zero-order chi connectivity index (χ0) is 14.5. The molecule has 0 bridgehead atoms. The van der Waals surface area contributed by atoms with Gasteiger partial charge in [-0.3, -0.25) is 4.79 Å². The second kappa shape index (κ2) is 6.06. The smallest absolute Gasteiger partial charge is 0.335 e. The number of benzene rings is 1. The maximum atomic E-state index is 11.7. The van der Waals surface area contributed by atoms with Gasteiger partial charge in [-0.05, 0) is 36.8 Å². The van der Waals surface area contributed by atoms with Crippen molar-refractivity contribution in [3.8, 4) is 0 Å². The SMILES string of the molecule is Cc1ccc(CC(=O)NCc2ccc(C(=O)O)cc2)o1. The van der Waals surface area contributed by atoms with Crippen LogP contribution >= 0.6 is 0 Å². The number of aromatic carboxylic acids is 1. The van der Waals surface area contributed by atoms with E-state index in [1.54, 1.807) is 18.2 Å². The van der Waals surface area contributed by atoms with Gasteiger partial charge in [0.1, 0.15) is 11.5 Å². The quantitative estimate of drug-likeness (QED) is 0.874. The van der Waals surface area contributed by atoms with Gasteiger partial charge in [0.25, 0.3) is 0 Å². The van der Waals surface area contributed by atoms with Crippen LogP contribution in [-0.4, -0.2) is 17.0 Å². The van der Waals surface area contributed by atoms with Crippen LogP contribution in [0.25, 0.3) is 0 Å². The van der Waals surface area contributed by atoms with E-state index in [9.17, 15) is 9.59 Å². The molecule has 5 heteroatoms. The number of amides is 1. The molecule has 1 amide bonds. The van der Waals surface area contributed by atoms with Crippen molar-refractivity contribution in [2.75, 3.05) is 0 Å². The third kappa shape index (κ3) is 3.71. The molecule has 5 nitrogen and oxygen atoms in total. The summed E-state index contributed by atoms with van der Waals surface area (Å²) >= 11 is 0. The topological polar surface area (TPSA) is 79.5 Å². The highest BCUT2D eigenvalue weighted by Gasteiger charge is 2.07. The average molecular weight is 273 g/mol. The molecule has 1 aromatic heterocycles. The van der Waals surface area contributed by atoms with Gasteiger partial charge in [-0.25, -0.2) is 4.79 Å². The maximum Gasteiger partial charge on any atom is 0.335 e. The van der Waals surface area contributed by atoms with E-state index in [1.165, 1.54) is 12.1 Å². The summed E-state index contributed by atoms with van der Waals surface area (Å²) in [4.78, 5) is 22.4. The summed E-state index contributed by atoms with van der Waals surface area (Å²) in [5.74, 6) is 0.300. The number of carbonyl (C=O) groups excluding carboxylic acids is 1. The van der Waals surface area contributed by atoms with E-state index in [-0.39, 0.29) is 17.9 Å². The molecule has 0 atom stereocenters. The molecular weight excluding hydrogens is 258 g/mol. The summed E-state index contributed by atoms with van der Waals surface area (Å²) < 4.78 is 5.32. The Kier molecular flexibility index (Phi) is 4.20. The number of nitrogens with one attached hydrogen (secondary N) is 1. The molecule has 2 N–H and O–H groups in total. The van der Waals surface area contributed by atoms with Gasteiger partial charge in [0, 0.05) is 6.54 Å². The normalized spacial score (nSPS) is 10.2. The Hall–Kier alpha value is -2.56. The monoisotopic (exact) mass is 273 g/mol. The molecule has 1 aromatic carbocycles. The van der Waals surface area contributed by atoms with E-state index in [0.29, 0.717) is 12.3 Å². The lowest BCUT2D eigenvalue weighted by atomic mass is 10.1. The minimum atomic E-state index is -0.964. The zero-order valence-corrected chi connectivity index (χ0v) is 11.1. The Labute approximate surface area is 116 Å². The molecule has 0 fully saturated rings. The Morgan fingerprint density at radius 1 is 1.15 bits per heavy atom. The highest BCUT2D eigenvalue weighted by molar-refractivity contribution is 5.87. The van der Waals surface area contributed by atoms with Crippen molar-refractivity contribution in [1.82, 2.24) is 5.32 Å². The maximum absolute atomic E-state index is 11.7. The van der Waals surface area contributed by atoms with Crippen LogP contribution in [-0.2, 0) is 17.8 Å². The van der Waals surface area contributed by atoms with E-state index in [2.05, 4.69) is 5.32 Å². The van der Waals surface area contributed by atoms with Crippen molar-refractivity contribution < 1.29 is 19.1 Å². The van der Waals surface area contributed by atoms with E-state index in [1.807, 2.05) is 13.0 Å². The summed E-state index contributed by atoms with van der Waals surface area (Å²) in [6, 6.07) is 9.98. The zero-order valence-electron chi connectivity index (χ0n) is 11.1. The largest absolute Gasteiger partial charge is 0.478 e. The van der Waals surface area contributed by atoms with Gasteiger partial charge in [0.05, 0.1) is 12.0 Å². The van der Waals surface area contributed by atoms with Gasteiger partial charge in [0.15, 0.2) is 0 Å². The van der Waals surface area contributed by atoms with Crippen molar-refractivity contribution in [3.05, 3.63) is 59.0 Å². The number of carboxylic acid groups (broad SMARTS) is 1. The van der Waals surface area contributed by atoms with Crippen molar-refractivity contribution in [2.24, 2.45) is 0 Å². The highest BCUT2D eigenvalue weighted by Crippen LogP contribution is 2.07. The molecule has 0 spiro atoms. The fourth-order valence-electron chi connectivity index (χ4n) is 1.77. The lowest BCUT2D eigenvalue weighted by Gasteiger charge is -2.04. The third-order valence-corrected chi connectivity index (χ3v) is 2.82. The van der Waals surface area contributed by atoms with Gasteiger partial charge in [-0.15, -0.1) is 0 Å². The van der Waals surface area contributed by atoms with E-state index < -0.39 is 5.97 Å². The van der Waals surface area contributed by atoms with E-state index in [0.717, 1.165) is 11.3 Å². The van der Waals surface area contributed by atoms with Gasteiger partial charge in [-0.2, -0.15) is 0 Å². The van der Waals surface area contributed by atoms with Gasteiger partial charge in [0.2, 0.25) is 5.91 Å². The van der Waals surface area contributed by atoms with Crippen molar-refractivity contribution in [1.29, 1.82) is 0 Å². The van der Waals surface area contributed by atoms with Gasteiger partial charge >= 0.3 is 5.97 Å². The van der Waals surface area contributed by atoms with Crippen LogP contribution in [0.5, 0.6) is 0 Å². The molecule has 0 unspecified atom stereocenters. The van der Waals surface area contributed by atoms with Crippen LogP contribution in [0, 0.1) is 6.92 Å². The molecular formula is C15H15NO4. The highest BCUT2D eigenvalue weighted by atomic mass is 16.4. The number of carbonyl (C=O) groups is 2. The predicted molar refractivity (Wildman–Crippen MR) is 72.4 cm³/mol. The molecule has 104 valence electrons. The minimum Gasteiger partial charge on any atom is -0.478 e. The molecule has 2 rings (SSSR count). The first-order valence-corrected chi connectivity index (χ1v) is 6.19. The molecule has 20 heavy (non-hydrogen) atoms. The van der Waals surface area contributed by atoms with Gasteiger partial charge in [-0.1, -0.05) is 12.1 Å². The van der Waals surface area contributed by atoms with Gasteiger partial charge < -0.3 is 14.8 Å². The molecule has 0 saturated heterocycles. The average Bonchev–Trinajstić information content (AvgIpc) is 2.82. The molecule has 0 aliphatic rings. The lowest BCUT2D eigenvalue weighted by Crippen LogP contribution is -2.24. The second-order valence-corrected chi connectivity index (χ2v) is 4.47. The van der Waals surface area contributed by atoms with Crippen LogP contribution in [0.1, 0.15) is 27.4 Å². The molecule has 0 saturated carbocycles. The van der Waals surface area contributed by atoms with Crippen LogP contribution in [0.3, 0.4) is 0 Å². The Morgan fingerprint density at radius 3 is 2.40 bits per heavy atom. The number of aryl methyl sites for hydroxylation is 1. The minimum absolute atomic E-state index is 0.137. The summed E-state index contributed by atoms with van der Waals surface area (Å²) in [5.41, 5.74) is 1.07. The summed E-state index contributed by atoms with van der Waals surface area (Å²) in [5, 5.41) is 11.5. The summed E-state index contributed by atoms with van der Waals surface area (Å²) in [6.07, 6.45) is 0.195. The fourth-order valence-corrected chi connectivity index (χ4v) is 1.77. The first-order valence-electron chi connectivity index (χ1n) is 6.19. The van der Waals surface area contributed by atoms with E-state index >= 15 is 0 Å². The number of hydrogen-bond donors (Lipinski definition) is 2. The Balaban J connectivity index is 1.85. The van der Waals surface area contributed by atoms with Crippen LogP contribution in [0.4, 0.5) is 0 Å². The van der Waals surface area contributed by atoms with E-state index in [4.69, 9.17) is 9.52 Å². The van der Waals surface area contributed by atoms with Crippen LogP contribution in [0.2, 0.25) is 0 Å². The molecule has 0 radical (unpaired) electrons. The summed E-state index contributed by atoms with van der Waals surface area (Å²) in [7, 11) is 0.